The van der Waals surface area contributed by atoms with Crippen LogP contribution in [0.15, 0.2) is 97.2 Å². The highest BCUT2D eigenvalue weighted by molar-refractivity contribution is 5.78. The Morgan fingerprint density at radius 1 is 0.534 bits per heavy atom. The second kappa shape index (κ2) is 44.9. The van der Waals surface area contributed by atoms with Gasteiger partial charge in [-0.3, -0.25) is 9.59 Å². The molecule has 0 aromatic heterocycles. The minimum Gasteiger partial charge on any atom is -0.458 e. The van der Waals surface area contributed by atoms with E-state index in [9.17, 15) is 19.8 Å². The van der Waals surface area contributed by atoms with E-state index in [4.69, 9.17) is 4.74 Å². The van der Waals surface area contributed by atoms with Crippen molar-refractivity contribution in [3.8, 4) is 0 Å². The van der Waals surface area contributed by atoms with Crippen LogP contribution in [0.25, 0.3) is 0 Å². The zero-order valence-electron chi connectivity index (χ0n) is 37.4. The number of nitrogens with one attached hydrogen (secondary N) is 1. The Labute approximate surface area is 356 Å². The van der Waals surface area contributed by atoms with Crippen LogP contribution in [0.4, 0.5) is 0 Å². The summed E-state index contributed by atoms with van der Waals surface area (Å²) in [6.45, 7) is 6.17. The molecular weight excluding hydrogens is 719 g/mol. The van der Waals surface area contributed by atoms with Crippen molar-refractivity contribution in [2.24, 2.45) is 0 Å². The Hall–Kier alpha value is -3.22. The van der Waals surface area contributed by atoms with Crippen LogP contribution in [0.1, 0.15) is 194 Å². The minimum atomic E-state index is -0.824. The standard InChI is InChI=1S/C52H87NO5/c1-4-7-10-13-16-19-21-23-25-26-28-30-33-36-39-42-45-52(57)58-48(43-40-37-34-32-29-27-24-22-20-17-14-11-8-5-2)46-51(56)53-49(47-54)50(55)44-41-38-35-31-18-15-12-9-6-3/h7-8,10-11,16-17,19-20,23-25,27,32,34,40,43,48-50,54-55H,4-6,9,12-15,18,21-22,26,28-31,33,35-39,41-42,44-47H2,1-3H3,(H,53,56)/b10-7+,11-8+,19-16+,20-17+,25-23+,27-24+,34-32+,43-40+. The second-order valence-electron chi connectivity index (χ2n) is 15.4. The van der Waals surface area contributed by atoms with E-state index >= 15 is 0 Å². The van der Waals surface area contributed by atoms with Crippen LogP contribution in [0.3, 0.4) is 0 Å². The zero-order valence-corrected chi connectivity index (χ0v) is 37.4. The lowest BCUT2D eigenvalue weighted by molar-refractivity contribution is -0.148. The Morgan fingerprint density at radius 2 is 0.966 bits per heavy atom. The van der Waals surface area contributed by atoms with Crippen molar-refractivity contribution in [2.75, 3.05) is 6.61 Å². The van der Waals surface area contributed by atoms with E-state index in [2.05, 4.69) is 111 Å². The number of esters is 1. The maximum Gasteiger partial charge on any atom is 0.306 e. The molecule has 0 aliphatic carbocycles. The third kappa shape index (κ3) is 39.6. The average molecular weight is 806 g/mol. The van der Waals surface area contributed by atoms with Crippen LogP contribution in [0.5, 0.6) is 0 Å². The first-order valence-electron chi connectivity index (χ1n) is 23.5. The monoisotopic (exact) mass is 806 g/mol. The summed E-state index contributed by atoms with van der Waals surface area (Å²) in [7, 11) is 0. The summed E-state index contributed by atoms with van der Waals surface area (Å²) in [5, 5.41) is 23.5. The molecule has 0 fully saturated rings. The van der Waals surface area contributed by atoms with Gasteiger partial charge >= 0.3 is 5.97 Å². The highest BCUT2D eigenvalue weighted by Crippen LogP contribution is 2.14. The number of carbonyl (C=O) groups is 2. The third-order valence-electron chi connectivity index (χ3n) is 9.90. The van der Waals surface area contributed by atoms with Gasteiger partial charge in [0.05, 0.1) is 25.2 Å². The van der Waals surface area contributed by atoms with E-state index < -0.39 is 18.2 Å². The van der Waals surface area contributed by atoms with Crippen LogP contribution in [0, 0.1) is 0 Å². The summed E-state index contributed by atoms with van der Waals surface area (Å²) in [5.74, 6) is -0.655. The second-order valence-corrected chi connectivity index (χ2v) is 15.4. The summed E-state index contributed by atoms with van der Waals surface area (Å²) in [6.07, 6.45) is 59.3. The molecule has 3 N–H and O–H groups in total. The molecule has 0 bridgehead atoms. The van der Waals surface area contributed by atoms with E-state index in [0.717, 1.165) is 96.3 Å². The summed E-state index contributed by atoms with van der Waals surface area (Å²) >= 11 is 0. The zero-order chi connectivity index (χ0) is 42.4. The number of rotatable bonds is 40. The number of hydrogen-bond acceptors (Lipinski definition) is 5. The predicted octanol–water partition coefficient (Wildman–Crippen LogP) is 13.8. The van der Waals surface area contributed by atoms with Gasteiger partial charge in [-0.15, -0.1) is 0 Å². The summed E-state index contributed by atoms with van der Waals surface area (Å²) in [4.78, 5) is 26.0. The molecule has 0 radical (unpaired) electrons. The third-order valence-corrected chi connectivity index (χ3v) is 9.90. The summed E-state index contributed by atoms with van der Waals surface area (Å²) < 4.78 is 5.79. The van der Waals surface area contributed by atoms with Gasteiger partial charge < -0.3 is 20.3 Å². The largest absolute Gasteiger partial charge is 0.458 e. The normalized spacial score (nSPS) is 14.2. The smallest absolute Gasteiger partial charge is 0.306 e. The van der Waals surface area contributed by atoms with Crippen LogP contribution in [0.2, 0.25) is 0 Å². The molecular formula is C52H87NO5. The number of aliphatic hydroxyl groups excluding tert-OH is 2. The number of amides is 1. The molecule has 3 unspecified atom stereocenters. The molecule has 6 heteroatoms. The maximum atomic E-state index is 13.1. The lowest BCUT2D eigenvalue weighted by Crippen LogP contribution is -2.46. The highest BCUT2D eigenvalue weighted by atomic mass is 16.5. The lowest BCUT2D eigenvalue weighted by atomic mass is 10.0. The van der Waals surface area contributed by atoms with E-state index in [1.165, 1.54) is 51.4 Å². The van der Waals surface area contributed by atoms with Gasteiger partial charge in [0.15, 0.2) is 0 Å². The molecule has 0 heterocycles. The van der Waals surface area contributed by atoms with Gasteiger partial charge in [-0.1, -0.05) is 195 Å². The van der Waals surface area contributed by atoms with Crippen molar-refractivity contribution in [3.05, 3.63) is 97.2 Å². The molecule has 0 aromatic rings. The molecule has 0 aromatic carbocycles. The number of aliphatic hydroxyl groups is 2. The fourth-order valence-corrected chi connectivity index (χ4v) is 6.40. The van der Waals surface area contributed by atoms with E-state index in [1.54, 1.807) is 6.08 Å². The van der Waals surface area contributed by atoms with Gasteiger partial charge in [-0.05, 0) is 83.1 Å². The molecule has 0 saturated heterocycles. The van der Waals surface area contributed by atoms with Crippen molar-refractivity contribution in [3.63, 3.8) is 0 Å². The van der Waals surface area contributed by atoms with Gasteiger partial charge in [0.2, 0.25) is 5.91 Å². The van der Waals surface area contributed by atoms with E-state index in [1.807, 2.05) is 6.08 Å². The Balaban J connectivity index is 4.79. The molecule has 3 atom stereocenters. The van der Waals surface area contributed by atoms with Crippen LogP contribution in [-0.4, -0.2) is 46.9 Å². The average Bonchev–Trinajstić information content (AvgIpc) is 3.22. The first kappa shape index (κ1) is 54.8. The summed E-state index contributed by atoms with van der Waals surface area (Å²) in [6, 6.07) is -0.748. The van der Waals surface area contributed by atoms with Crippen LogP contribution < -0.4 is 5.32 Å². The topological polar surface area (TPSA) is 95.9 Å². The van der Waals surface area contributed by atoms with Gasteiger partial charge in [0.1, 0.15) is 6.10 Å². The highest BCUT2D eigenvalue weighted by Gasteiger charge is 2.23. The lowest BCUT2D eigenvalue weighted by Gasteiger charge is -2.23. The van der Waals surface area contributed by atoms with Crippen LogP contribution >= 0.6 is 0 Å². The fraction of sp³-hybridized carbons (Fsp3) is 0.654. The molecule has 58 heavy (non-hydrogen) atoms. The minimum absolute atomic E-state index is 0.0568. The van der Waals surface area contributed by atoms with Crippen molar-refractivity contribution < 1.29 is 24.5 Å². The maximum absolute atomic E-state index is 13.1. The number of allylic oxidation sites excluding steroid dienone is 15. The van der Waals surface area contributed by atoms with Crippen LogP contribution in [-0.2, 0) is 14.3 Å². The molecule has 1 amide bonds. The molecule has 0 spiro atoms. The van der Waals surface area contributed by atoms with Gasteiger partial charge in [0.25, 0.3) is 0 Å². The SMILES string of the molecule is CC/C=C/C/C=C/C/C=C/C/C=C/C/C=C/C(CC(=O)NC(CO)C(O)CCCCCCCCCCC)OC(=O)CCCCCCCC/C=C/C/C=C/C/C=C/CC. The quantitative estimate of drug-likeness (QED) is 0.0326. The molecule has 0 saturated carbocycles. The van der Waals surface area contributed by atoms with Crippen molar-refractivity contribution in [1.29, 1.82) is 0 Å². The number of carbonyl (C=O) groups excluding carboxylic acids is 2. The van der Waals surface area contributed by atoms with Gasteiger partial charge in [-0.2, -0.15) is 0 Å². The van der Waals surface area contributed by atoms with E-state index in [0.29, 0.717) is 19.3 Å². The molecule has 6 nitrogen and oxygen atoms in total. The number of hydrogen-bond donors (Lipinski definition) is 3. The Morgan fingerprint density at radius 3 is 1.47 bits per heavy atom. The van der Waals surface area contributed by atoms with Gasteiger partial charge in [-0.25, -0.2) is 0 Å². The number of ether oxygens (including phenoxy) is 1. The van der Waals surface area contributed by atoms with Crippen molar-refractivity contribution >= 4 is 11.9 Å². The van der Waals surface area contributed by atoms with E-state index in [-0.39, 0.29) is 24.9 Å². The molecule has 0 aliphatic heterocycles. The fourth-order valence-electron chi connectivity index (χ4n) is 6.40. The first-order chi connectivity index (χ1) is 28.5. The Bertz CT molecular complexity index is 1180. The molecule has 0 rings (SSSR count). The van der Waals surface area contributed by atoms with Crippen molar-refractivity contribution in [1.82, 2.24) is 5.32 Å². The molecule has 0 aliphatic rings. The summed E-state index contributed by atoms with van der Waals surface area (Å²) in [5.41, 5.74) is 0. The Kier molecular flexibility index (Phi) is 42.4. The first-order valence-corrected chi connectivity index (χ1v) is 23.5. The molecule has 330 valence electrons. The van der Waals surface area contributed by atoms with Gasteiger partial charge in [0, 0.05) is 6.42 Å². The number of unbranched alkanes of at least 4 members (excludes halogenated alkanes) is 14. The predicted molar refractivity (Wildman–Crippen MR) is 250 cm³/mol. The van der Waals surface area contributed by atoms with Crippen molar-refractivity contribution in [2.45, 2.75) is 212 Å².